The zero-order chi connectivity index (χ0) is 24.0. The van der Waals surface area contributed by atoms with Gasteiger partial charge in [-0.05, 0) is 60.4 Å². The second-order valence-electron chi connectivity index (χ2n) is 7.02. The highest BCUT2D eigenvalue weighted by Gasteiger charge is 2.33. The molecule has 0 saturated heterocycles. The van der Waals surface area contributed by atoms with Gasteiger partial charge in [-0.2, -0.15) is 13.2 Å². The second-order valence-corrected chi connectivity index (χ2v) is 7.02. The van der Waals surface area contributed by atoms with Crippen molar-refractivity contribution < 1.29 is 18.0 Å². The molecule has 1 aromatic heterocycles. The summed E-state index contributed by atoms with van der Waals surface area (Å²) in [5, 5.41) is 9.48. The molecule has 5 N–H and O–H groups in total. The number of aromatic nitrogens is 2. The van der Waals surface area contributed by atoms with Gasteiger partial charge in [-0.3, -0.25) is 4.79 Å². The standard InChI is InChI=1S/C24H20F3N5O/c1-15-4-5-17(11-16(15)6-9-20-14-30-22(31-20)3-2-10-28)23(33)32-19-8-7-18(13-29)21(12-19)24(25,26)27/h2-5,7-8,10-12,14,28H,13,29H2,1H3,(H,30,31)(H,32,33)/b3-2-,28-10?. The third-order valence-electron chi connectivity index (χ3n) is 4.67. The number of rotatable bonds is 5. The number of amides is 1. The number of imidazole rings is 1. The van der Waals surface area contributed by atoms with E-state index in [1.165, 1.54) is 18.2 Å². The minimum Gasteiger partial charge on any atom is -0.332 e. The van der Waals surface area contributed by atoms with Gasteiger partial charge in [-0.1, -0.05) is 18.1 Å². The fourth-order valence-corrected chi connectivity index (χ4v) is 2.96. The molecule has 33 heavy (non-hydrogen) atoms. The Morgan fingerprint density at radius 3 is 2.73 bits per heavy atom. The van der Waals surface area contributed by atoms with E-state index in [2.05, 4.69) is 27.1 Å². The molecule has 0 aliphatic heterocycles. The average molecular weight is 451 g/mol. The summed E-state index contributed by atoms with van der Waals surface area (Å²) in [6, 6.07) is 8.36. The molecule has 0 aliphatic rings. The Morgan fingerprint density at radius 2 is 2.03 bits per heavy atom. The van der Waals surface area contributed by atoms with E-state index < -0.39 is 17.6 Å². The van der Waals surface area contributed by atoms with E-state index in [0.717, 1.165) is 17.8 Å². The Morgan fingerprint density at radius 1 is 1.24 bits per heavy atom. The zero-order valence-electron chi connectivity index (χ0n) is 17.5. The summed E-state index contributed by atoms with van der Waals surface area (Å²) in [4.78, 5) is 19.8. The topological polar surface area (TPSA) is 108 Å². The predicted molar refractivity (Wildman–Crippen MR) is 121 cm³/mol. The van der Waals surface area contributed by atoms with Gasteiger partial charge in [0.25, 0.3) is 5.91 Å². The van der Waals surface area contributed by atoms with Crippen molar-refractivity contribution in [2.75, 3.05) is 5.32 Å². The number of halogens is 3. The van der Waals surface area contributed by atoms with Crippen LogP contribution in [0.25, 0.3) is 6.08 Å². The molecule has 3 rings (SSSR count). The van der Waals surface area contributed by atoms with Crippen molar-refractivity contribution in [2.45, 2.75) is 19.6 Å². The molecule has 0 unspecified atom stereocenters. The lowest BCUT2D eigenvalue weighted by Gasteiger charge is -2.14. The summed E-state index contributed by atoms with van der Waals surface area (Å²) < 4.78 is 39.8. The molecule has 0 aliphatic carbocycles. The Bertz CT molecular complexity index is 1280. The van der Waals surface area contributed by atoms with Crippen molar-refractivity contribution in [3.05, 3.63) is 88.0 Å². The molecule has 0 fully saturated rings. The van der Waals surface area contributed by atoms with Gasteiger partial charge in [0.1, 0.15) is 11.5 Å². The largest absolute Gasteiger partial charge is 0.416 e. The Balaban J connectivity index is 1.82. The van der Waals surface area contributed by atoms with Crippen molar-refractivity contribution in [1.82, 2.24) is 9.97 Å². The van der Waals surface area contributed by atoms with Crippen LogP contribution in [0.15, 0.2) is 48.7 Å². The molecule has 9 heteroatoms. The summed E-state index contributed by atoms with van der Waals surface area (Å²) in [7, 11) is 0. The number of benzene rings is 2. The van der Waals surface area contributed by atoms with Crippen LogP contribution in [-0.4, -0.2) is 22.1 Å². The highest BCUT2D eigenvalue weighted by molar-refractivity contribution is 6.04. The van der Waals surface area contributed by atoms with E-state index in [1.54, 1.807) is 30.5 Å². The van der Waals surface area contributed by atoms with Crippen molar-refractivity contribution in [3.8, 4) is 11.8 Å². The third-order valence-corrected chi connectivity index (χ3v) is 4.67. The van der Waals surface area contributed by atoms with Gasteiger partial charge in [-0.15, -0.1) is 0 Å². The maximum Gasteiger partial charge on any atom is 0.416 e. The number of nitrogens with two attached hydrogens (primary N) is 1. The fourth-order valence-electron chi connectivity index (χ4n) is 2.96. The number of carbonyl (C=O) groups is 1. The zero-order valence-corrected chi connectivity index (χ0v) is 17.5. The normalized spacial score (nSPS) is 11.2. The summed E-state index contributed by atoms with van der Waals surface area (Å²) in [6.45, 7) is 1.57. The molecule has 0 bridgehead atoms. The first-order valence-electron chi connectivity index (χ1n) is 9.77. The third kappa shape index (κ3) is 5.96. The van der Waals surface area contributed by atoms with E-state index >= 15 is 0 Å². The lowest BCUT2D eigenvalue weighted by molar-refractivity contribution is -0.138. The van der Waals surface area contributed by atoms with E-state index in [0.29, 0.717) is 17.1 Å². The number of alkyl halides is 3. The first kappa shape index (κ1) is 23.5. The maximum atomic E-state index is 13.3. The van der Waals surface area contributed by atoms with Gasteiger partial charge < -0.3 is 21.4 Å². The predicted octanol–water partition coefficient (Wildman–Crippen LogP) is 4.51. The SMILES string of the molecule is Cc1ccc(C(=O)Nc2ccc(CN)c(C(F)(F)F)c2)cc1C#Cc1cnc(/C=C\C=N)[nH]1. The summed E-state index contributed by atoms with van der Waals surface area (Å²) >= 11 is 0. The van der Waals surface area contributed by atoms with Crippen LogP contribution in [-0.2, 0) is 12.7 Å². The van der Waals surface area contributed by atoms with E-state index in [1.807, 2.05) is 6.92 Å². The molecule has 2 aromatic carbocycles. The van der Waals surface area contributed by atoms with Crippen LogP contribution in [0.3, 0.4) is 0 Å². The van der Waals surface area contributed by atoms with E-state index in [-0.39, 0.29) is 23.4 Å². The monoisotopic (exact) mass is 451 g/mol. The van der Waals surface area contributed by atoms with Gasteiger partial charge in [0, 0.05) is 29.6 Å². The number of aryl methyl sites for hydroxylation is 1. The number of hydrogen-bond acceptors (Lipinski definition) is 4. The average Bonchev–Trinajstić information content (AvgIpc) is 3.24. The van der Waals surface area contributed by atoms with Crippen molar-refractivity contribution in [2.24, 2.45) is 5.73 Å². The van der Waals surface area contributed by atoms with Crippen LogP contribution in [0.2, 0.25) is 0 Å². The van der Waals surface area contributed by atoms with E-state index in [9.17, 15) is 18.0 Å². The quantitative estimate of drug-likeness (QED) is 0.339. The summed E-state index contributed by atoms with van der Waals surface area (Å²) in [6.07, 6.45) is 1.24. The number of carbonyl (C=O) groups excluding carboxylic acids is 1. The molecule has 0 spiro atoms. The van der Waals surface area contributed by atoms with Gasteiger partial charge in [0.05, 0.1) is 11.8 Å². The number of nitrogens with zero attached hydrogens (tertiary/aromatic N) is 1. The molecule has 1 amide bonds. The van der Waals surface area contributed by atoms with Crippen LogP contribution < -0.4 is 11.1 Å². The van der Waals surface area contributed by atoms with Crippen LogP contribution in [0.5, 0.6) is 0 Å². The fraction of sp³-hybridized carbons (Fsp3) is 0.125. The highest BCUT2D eigenvalue weighted by Crippen LogP contribution is 2.33. The first-order valence-corrected chi connectivity index (χ1v) is 9.77. The van der Waals surface area contributed by atoms with Crippen LogP contribution in [0, 0.1) is 24.2 Å². The number of nitrogens with one attached hydrogen (secondary N) is 3. The number of hydrogen-bond donors (Lipinski definition) is 4. The van der Waals surface area contributed by atoms with E-state index in [4.69, 9.17) is 11.1 Å². The molecule has 3 aromatic rings. The molecule has 0 radical (unpaired) electrons. The number of anilines is 1. The minimum absolute atomic E-state index is 0.0145. The molecule has 0 atom stereocenters. The molecule has 6 nitrogen and oxygen atoms in total. The first-order chi connectivity index (χ1) is 15.7. The summed E-state index contributed by atoms with van der Waals surface area (Å²) in [5.41, 5.74) is 6.69. The minimum atomic E-state index is -4.58. The van der Waals surface area contributed by atoms with Crippen molar-refractivity contribution >= 4 is 23.9 Å². The lowest BCUT2D eigenvalue weighted by atomic mass is 10.0. The maximum absolute atomic E-state index is 13.3. The molecule has 0 saturated carbocycles. The smallest absolute Gasteiger partial charge is 0.332 e. The van der Waals surface area contributed by atoms with Crippen LogP contribution >= 0.6 is 0 Å². The Labute approximate surface area is 188 Å². The Kier molecular flexibility index (Phi) is 7.10. The van der Waals surface area contributed by atoms with Gasteiger partial charge in [0.15, 0.2) is 0 Å². The van der Waals surface area contributed by atoms with Crippen LogP contribution in [0.1, 0.15) is 44.1 Å². The van der Waals surface area contributed by atoms with Crippen molar-refractivity contribution in [3.63, 3.8) is 0 Å². The number of aromatic amines is 1. The van der Waals surface area contributed by atoms with Crippen LogP contribution in [0.4, 0.5) is 18.9 Å². The number of allylic oxidation sites excluding steroid dienone is 1. The number of H-pyrrole nitrogens is 1. The summed E-state index contributed by atoms with van der Waals surface area (Å²) in [5.74, 6) is 5.88. The Hall–Kier alpha value is -4.16. The second kappa shape index (κ2) is 9.97. The molecule has 168 valence electrons. The molecule has 1 heterocycles. The van der Waals surface area contributed by atoms with Gasteiger partial charge >= 0.3 is 6.18 Å². The molecular weight excluding hydrogens is 431 g/mol. The van der Waals surface area contributed by atoms with Gasteiger partial charge in [0.2, 0.25) is 0 Å². The lowest BCUT2D eigenvalue weighted by Crippen LogP contribution is -2.15. The van der Waals surface area contributed by atoms with Crippen molar-refractivity contribution in [1.29, 1.82) is 5.41 Å². The highest BCUT2D eigenvalue weighted by atomic mass is 19.4. The van der Waals surface area contributed by atoms with Gasteiger partial charge in [-0.25, -0.2) is 4.98 Å². The molecular formula is C24H20F3N5O.